The molecular formula is C14H30O6S2. The van der Waals surface area contributed by atoms with E-state index >= 15 is 0 Å². The monoisotopic (exact) mass is 358 g/mol. The van der Waals surface area contributed by atoms with E-state index in [-0.39, 0.29) is 23.3 Å². The smallest absolute Gasteiger partial charge is 0.264 e. The average Bonchev–Trinajstić information content (AvgIpc) is 2.36. The Morgan fingerprint density at radius 3 is 1.23 bits per heavy atom. The molecule has 0 amide bonds. The molecular weight excluding hydrogens is 328 g/mol. The molecule has 0 aliphatic heterocycles. The first-order chi connectivity index (χ1) is 9.99. The minimum atomic E-state index is -3.84. The summed E-state index contributed by atoms with van der Waals surface area (Å²) in [6, 6.07) is 0. The predicted molar refractivity (Wildman–Crippen MR) is 88.1 cm³/mol. The van der Waals surface area contributed by atoms with Crippen LogP contribution in [0.3, 0.4) is 0 Å². The fourth-order valence-electron chi connectivity index (χ4n) is 2.33. The van der Waals surface area contributed by atoms with Gasteiger partial charge in [-0.3, -0.25) is 9.11 Å². The van der Waals surface area contributed by atoms with E-state index in [1.807, 2.05) is 13.8 Å². The SMILES string of the molecule is CC(CCCCCCC(C)CCS(=O)(=O)O)CCS(=O)(=O)O. The quantitative estimate of drug-likeness (QED) is 0.387. The lowest BCUT2D eigenvalue weighted by Crippen LogP contribution is -2.08. The first-order valence-corrected chi connectivity index (χ1v) is 11.1. The molecule has 0 fully saturated rings. The average molecular weight is 359 g/mol. The van der Waals surface area contributed by atoms with Crippen molar-refractivity contribution in [1.82, 2.24) is 0 Å². The molecule has 0 saturated carbocycles. The van der Waals surface area contributed by atoms with Gasteiger partial charge in [0.15, 0.2) is 0 Å². The van der Waals surface area contributed by atoms with Gasteiger partial charge in [0.25, 0.3) is 20.2 Å². The van der Waals surface area contributed by atoms with Crippen LogP contribution in [0, 0.1) is 11.8 Å². The Hall–Kier alpha value is -0.180. The third kappa shape index (κ3) is 16.2. The number of hydrogen-bond donors (Lipinski definition) is 2. The van der Waals surface area contributed by atoms with Gasteiger partial charge in [-0.15, -0.1) is 0 Å². The molecule has 2 unspecified atom stereocenters. The van der Waals surface area contributed by atoms with Crippen molar-refractivity contribution in [3.63, 3.8) is 0 Å². The van der Waals surface area contributed by atoms with Crippen molar-refractivity contribution in [2.75, 3.05) is 11.5 Å². The summed E-state index contributed by atoms with van der Waals surface area (Å²) in [5.41, 5.74) is 0. The summed E-state index contributed by atoms with van der Waals surface area (Å²) in [5, 5.41) is 0. The van der Waals surface area contributed by atoms with E-state index < -0.39 is 20.2 Å². The first kappa shape index (κ1) is 21.8. The minimum absolute atomic E-state index is 0.167. The maximum atomic E-state index is 10.6. The third-order valence-electron chi connectivity index (χ3n) is 3.88. The highest BCUT2D eigenvalue weighted by molar-refractivity contribution is 7.86. The van der Waals surface area contributed by atoms with Crippen LogP contribution in [-0.2, 0) is 20.2 Å². The van der Waals surface area contributed by atoms with Crippen LogP contribution in [0.1, 0.15) is 65.2 Å². The molecule has 0 aliphatic carbocycles. The van der Waals surface area contributed by atoms with E-state index in [0.717, 1.165) is 38.5 Å². The Morgan fingerprint density at radius 1 is 0.636 bits per heavy atom. The number of rotatable bonds is 13. The lowest BCUT2D eigenvalue weighted by atomic mass is 9.97. The molecule has 0 spiro atoms. The van der Waals surface area contributed by atoms with E-state index in [2.05, 4.69) is 0 Å². The van der Waals surface area contributed by atoms with Crippen molar-refractivity contribution in [3.8, 4) is 0 Å². The molecule has 2 atom stereocenters. The summed E-state index contributed by atoms with van der Waals surface area (Å²) in [6.45, 7) is 3.98. The number of hydrogen-bond acceptors (Lipinski definition) is 4. The molecule has 0 aliphatic rings. The fourth-order valence-corrected chi connectivity index (χ4v) is 3.73. The molecule has 22 heavy (non-hydrogen) atoms. The zero-order valence-corrected chi connectivity index (χ0v) is 15.2. The van der Waals surface area contributed by atoms with Gasteiger partial charge in [0.05, 0.1) is 11.5 Å². The van der Waals surface area contributed by atoms with Crippen LogP contribution in [0.4, 0.5) is 0 Å². The molecule has 8 heteroatoms. The highest BCUT2D eigenvalue weighted by Crippen LogP contribution is 2.17. The van der Waals surface area contributed by atoms with Crippen LogP contribution in [0.5, 0.6) is 0 Å². The maximum Gasteiger partial charge on any atom is 0.264 e. The summed E-state index contributed by atoms with van der Waals surface area (Å²) in [4.78, 5) is 0. The zero-order chi connectivity index (χ0) is 17.2. The van der Waals surface area contributed by atoms with Crippen LogP contribution >= 0.6 is 0 Å². The highest BCUT2D eigenvalue weighted by atomic mass is 32.2. The second-order valence-corrected chi connectivity index (χ2v) is 9.50. The highest BCUT2D eigenvalue weighted by Gasteiger charge is 2.10. The molecule has 0 aromatic carbocycles. The Bertz CT molecular complexity index is 437. The molecule has 0 aromatic heterocycles. The van der Waals surface area contributed by atoms with Crippen LogP contribution in [0.2, 0.25) is 0 Å². The molecule has 0 radical (unpaired) electrons. The van der Waals surface area contributed by atoms with Gasteiger partial charge in [-0.05, 0) is 24.7 Å². The lowest BCUT2D eigenvalue weighted by molar-refractivity contribution is 0.432. The van der Waals surface area contributed by atoms with E-state index in [1.54, 1.807) is 0 Å². The Labute approximate surface area is 135 Å². The summed E-state index contributed by atoms with van der Waals surface area (Å²) in [7, 11) is -7.69. The molecule has 2 N–H and O–H groups in total. The molecule has 0 heterocycles. The zero-order valence-electron chi connectivity index (χ0n) is 13.6. The van der Waals surface area contributed by atoms with Crippen LogP contribution in [0.25, 0.3) is 0 Å². The summed E-state index contributed by atoms with van der Waals surface area (Å²) in [5.74, 6) is 0.241. The maximum absolute atomic E-state index is 10.6. The second kappa shape index (κ2) is 10.6. The van der Waals surface area contributed by atoms with Gasteiger partial charge in [0.1, 0.15) is 0 Å². The second-order valence-electron chi connectivity index (χ2n) is 6.35. The Morgan fingerprint density at radius 2 is 0.955 bits per heavy atom. The molecule has 0 rings (SSSR count). The van der Waals surface area contributed by atoms with E-state index in [4.69, 9.17) is 9.11 Å². The minimum Gasteiger partial charge on any atom is -0.286 e. The van der Waals surface area contributed by atoms with Crippen molar-refractivity contribution in [2.45, 2.75) is 65.2 Å². The van der Waals surface area contributed by atoms with Gasteiger partial charge in [-0.1, -0.05) is 52.4 Å². The van der Waals surface area contributed by atoms with Gasteiger partial charge in [0, 0.05) is 0 Å². The topological polar surface area (TPSA) is 109 Å². The summed E-state index contributed by atoms with van der Waals surface area (Å²) in [6.07, 6.45) is 7.10. The molecule has 0 saturated heterocycles. The fraction of sp³-hybridized carbons (Fsp3) is 1.00. The van der Waals surface area contributed by atoms with Gasteiger partial charge >= 0.3 is 0 Å². The van der Waals surface area contributed by atoms with E-state index in [0.29, 0.717) is 12.8 Å². The molecule has 0 aromatic rings. The Balaban J connectivity index is 3.53. The van der Waals surface area contributed by atoms with Crippen molar-refractivity contribution < 1.29 is 25.9 Å². The normalized spacial score (nSPS) is 15.6. The number of unbranched alkanes of at least 4 members (excludes halogenated alkanes) is 3. The van der Waals surface area contributed by atoms with E-state index in [1.165, 1.54) is 0 Å². The van der Waals surface area contributed by atoms with Gasteiger partial charge < -0.3 is 0 Å². The van der Waals surface area contributed by atoms with Crippen molar-refractivity contribution in [2.24, 2.45) is 11.8 Å². The van der Waals surface area contributed by atoms with Gasteiger partial charge in [-0.2, -0.15) is 16.8 Å². The van der Waals surface area contributed by atoms with Crippen molar-refractivity contribution in [3.05, 3.63) is 0 Å². The van der Waals surface area contributed by atoms with Crippen LogP contribution in [0.15, 0.2) is 0 Å². The lowest BCUT2D eigenvalue weighted by Gasteiger charge is -2.11. The van der Waals surface area contributed by atoms with Crippen molar-refractivity contribution in [1.29, 1.82) is 0 Å². The largest absolute Gasteiger partial charge is 0.286 e. The predicted octanol–water partition coefficient (Wildman–Crippen LogP) is 3.16. The molecule has 0 bridgehead atoms. The van der Waals surface area contributed by atoms with Gasteiger partial charge in [0.2, 0.25) is 0 Å². The first-order valence-electron chi connectivity index (χ1n) is 7.90. The summed E-state index contributed by atoms with van der Waals surface area (Å²) < 4.78 is 59.9. The van der Waals surface area contributed by atoms with Crippen LogP contribution in [-0.4, -0.2) is 37.4 Å². The van der Waals surface area contributed by atoms with Crippen molar-refractivity contribution >= 4 is 20.2 Å². The molecule has 6 nitrogen and oxygen atoms in total. The summed E-state index contributed by atoms with van der Waals surface area (Å²) >= 11 is 0. The van der Waals surface area contributed by atoms with Crippen LogP contribution < -0.4 is 0 Å². The standard InChI is InChI=1S/C14H30O6S2/c1-13(9-11-21(15,16)17)7-5-3-4-6-8-14(2)10-12-22(18,19)20/h13-14H,3-12H2,1-2H3,(H,15,16,17)(H,18,19,20). The Kier molecular flexibility index (Phi) is 10.5. The van der Waals surface area contributed by atoms with Gasteiger partial charge in [-0.25, -0.2) is 0 Å². The van der Waals surface area contributed by atoms with E-state index in [9.17, 15) is 16.8 Å². The third-order valence-corrected chi connectivity index (χ3v) is 5.38. The molecule has 134 valence electrons.